The van der Waals surface area contributed by atoms with Gasteiger partial charge < -0.3 is 14.8 Å². The van der Waals surface area contributed by atoms with Crippen LogP contribution in [0.4, 0.5) is 9.52 Å². The number of nitrogens with zero attached hydrogens (tertiary/aromatic N) is 1. The Morgan fingerprint density at radius 3 is 2.68 bits per heavy atom. The number of anilines is 1. The number of nitrogens with one attached hydrogen (secondary N) is 1. The molecule has 0 saturated carbocycles. The second-order valence-corrected chi connectivity index (χ2v) is 7.62. The monoisotopic (exact) mass is 418 g/mol. The fourth-order valence-corrected chi connectivity index (χ4v) is 3.98. The zero-order valence-electron chi connectivity index (χ0n) is 15.4. The van der Waals surface area contributed by atoms with Gasteiger partial charge in [0.05, 0.1) is 25.7 Å². The molecule has 28 heavy (non-hydrogen) atoms. The lowest BCUT2D eigenvalue weighted by molar-refractivity contribution is -0.113. The SMILES string of the molecule is COc1ccc(-c2csc(NC(=O)CSCc3ccc(F)cc3)n2)c(OC)c1. The van der Waals surface area contributed by atoms with E-state index in [4.69, 9.17) is 9.47 Å². The van der Waals surface area contributed by atoms with Crippen LogP contribution < -0.4 is 14.8 Å². The van der Waals surface area contributed by atoms with Gasteiger partial charge in [-0.3, -0.25) is 4.79 Å². The van der Waals surface area contributed by atoms with Crippen LogP contribution in [0.25, 0.3) is 11.3 Å². The van der Waals surface area contributed by atoms with Crippen molar-refractivity contribution < 1.29 is 18.7 Å². The molecule has 0 aliphatic carbocycles. The molecule has 1 amide bonds. The molecule has 0 fully saturated rings. The van der Waals surface area contributed by atoms with Gasteiger partial charge in [0.2, 0.25) is 5.91 Å². The molecule has 0 spiro atoms. The van der Waals surface area contributed by atoms with Gasteiger partial charge in [0.1, 0.15) is 17.3 Å². The highest BCUT2D eigenvalue weighted by Crippen LogP contribution is 2.34. The first-order valence-electron chi connectivity index (χ1n) is 8.39. The van der Waals surface area contributed by atoms with Crippen LogP contribution in [0.15, 0.2) is 47.8 Å². The van der Waals surface area contributed by atoms with E-state index < -0.39 is 0 Å². The molecule has 0 atom stereocenters. The van der Waals surface area contributed by atoms with Crippen LogP contribution in [0.2, 0.25) is 0 Å². The van der Waals surface area contributed by atoms with Crippen LogP contribution in [0.1, 0.15) is 5.56 Å². The molecule has 3 rings (SSSR count). The highest BCUT2D eigenvalue weighted by atomic mass is 32.2. The summed E-state index contributed by atoms with van der Waals surface area (Å²) in [4.78, 5) is 16.6. The van der Waals surface area contributed by atoms with Crippen molar-refractivity contribution in [3.05, 3.63) is 59.2 Å². The molecule has 0 bridgehead atoms. The smallest absolute Gasteiger partial charge is 0.236 e. The van der Waals surface area contributed by atoms with Crippen LogP contribution in [0.5, 0.6) is 11.5 Å². The number of carbonyl (C=O) groups excluding carboxylic acids is 1. The number of rotatable bonds is 8. The third kappa shape index (κ3) is 5.24. The summed E-state index contributed by atoms with van der Waals surface area (Å²) < 4.78 is 23.5. The number of amides is 1. The average Bonchev–Trinajstić information content (AvgIpc) is 3.17. The van der Waals surface area contributed by atoms with Gasteiger partial charge in [-0.05, 0) is 29.8 Å². The van der Waals surface area contributed by atoms with Gasteiger partial charge in [-0.15, -0.1) is 23.1 Å². The molecule has 0 saturated heterocycles. The largest absolute Gasteiger partial charge is 0.497 e. The molecule has 1 heterocycles. The van der Waals surface area contributed by atoms with Crippen LogP contribution in [-0.2, 0) is 10.5 Å². The number of hydrogen-bond donors (Lipinski definition) is 1. The van der Waals surface area contributed by atoms with Crippen molar-refractivity contribution in [2.75, 3.05) is 25.3 Å². The predicted octanol–water partition coefficient (Wildman–Crippen LogP) is 4.84. The van der Waals surface area contributed by atoms with Crippen molar-refractivity contribution in [1.29, 1.82) is 0 Å². The van der Waals surface area contributed by atoms with E-state index in [1.807, 2.05) is 17.5 Å². The second-order valence-electron chi connectivity index (χ2n) is 5.77. The van der Waals surface area contributed by atoms with Gasteiger partial charge in [-0.1, -0.05) is 12.1 Å². The van der Waals surface area contributed by atoms with Crippen LogP contribution >= 0.6 is 23.1 Å². The minimum Gasteiger partial charge on any atom is -0.497 e. The zero-order chi connectivity index (χ0) is 19.9. The third-order valence-electron chi connectivity index (χ3n) is 3.85. The predicted molar refractivity (Wildman–Crippen MR) is 112 cm³/mol. The number of aromatic nitrogens is 1. The quantitative estimate of drug-likeness (QED) is 0.567. The molecule has 1 aromatic heterocycles. The molecule has 3 aromatic rings. The topological polar surface area (TPSA) is 60.5 Å². The minimum absolute atomic E-state index is 0.130. The summed E-state index contributed by atoms with van der Waals surface area (Å²) in [7, 11) is 3.19. The number of carbonyl (C=O) groups is 1. The molecule has 1 N–H and O–H groups in total. The number of hydrogen-bond acceptors (Lipinski definition) is 6. The van der Waals surface area contributed by atoms with Crippen molar-refractivity contribution in [1.82, 2.24) is 4.98 Å². The minimum atomic E-state index is -0.264. The fourth-order valence-electron chi connectivity index (χ4n) is 2.46. The summed E-state index contributed by atoms with van der Waals surface area (Å²) in [5, 5.41) is 5.20. The summed E-state index contributed by atoms with van der Waals surface area (Å²) in [6.45, 7) is 0. The van der Waals surface area contributed by atoms with Crippen molar-refractivity contribution >= 4 is 34.1 Å². The lowest BCUT2D eigenvalue weighted by Crippen LogP contribution is -2.14. The average molecular weight is 419 g/mol. The van der Waals surface area contributed by atoms with Crippen LogP contribution in [0.3, 0.4) is 0 Å². The lowest BCUT2D eigenvalue weighted by Gasteiger charge is -2.08. The Labute approximate surface area is 170 Å². The Kier molecular flexibility index (Phi) is 6.89. The van der Waals surface area contributed by atoms with E-state index >= 15 is 0 Å². The number of benzene rings is 2. The molecule has 0 unspecified atom stereocenters. The summed E-state index contributed by atoms with van der Waals surface area (Å²) in [5.41, 5.74) is 2.52. The number of methoxy groups -OCH3 is 2. The maximum Gasteiger partial charge on any atom is 0.236 e. The van der Waals surface area contributed by atoms with Gasteiger partial charge in [0, 0.05) is 22.8 Å². The highest BCUT2D eigenvalue weighted by Gasteiger charge is 2.13. The van der Waals surface area contributed by atoms with Crippen molar-refractivity contribution in [2.24, 2.45) is 0 Å². The first-order valence-corrected chi connectivity index (χ1v) is 10.4. The van der Waals surface area contributed by atoms with E-state index in [-0.39, 0.29) is 17.5 Å². The summed E-state index contributed by atoms with van der Waals surface area (Å²) in [6.07, 6.45) is 0. The van der Waals surface area contributed by atoms with E-state index in [1.165, 1.54) is 35.2 Å². The van der Waals surface area contributed by atoms with E-state index in [0.29, 0.717) is 22.4 Å². The molecular formula is C20H19FN2O3S2. The Morgan fingerprint density at radius 1 is 1.18 bits per heavy atom. The Balaban J connectivity index is 1.57. The number of thiazole rings is 1. The normalized spacial score (nSPS) is 10.5. The molecule has 0 aliphatic heterocycles. The van der Waals surface area contributed by atoms with Gasteiger partial charge in [-0.25, -0.2) is 9.37 Å². The molecule has 0 aliphatic rings. The Morgan fingerprint density at radius 2 is 1.96 bits per heavy atom. The lowest BCUT2D eigenvalue weighted by atomic mass is 10.1. The van der Waals surface area contributed by atoms with Gasteiger partial charge in [-0.2, -0.15) is 0 Å². The molecule has 146 valence electrons. The van der Waals surface area contributed by atoms with Gasteiger partial charge in [0.15, 0.2) is 5.13 Å². The van der Waals surface area contributed by atoms with E-state index in [1.54, 1.807) is 32.4 Å². The maximum atomic E-state index is 12.9. The molecule has 2 aromatic carbocycles. The van der Waals surface area contributed by atoms with Crippen molar-refractivity contribution in [3.63, 3.8) is 0 Å². The van der Waals surface area contributed by atoms with Gasteiger partial charge >= 0.3 is 0 Å². The third-order valence-corrected chi connectivity index (χ3v) is 5.61. The van der Waals surface area contributed by atoms with E-state index in [9.17, 15) is 9.18 Å². The van der Waals surface area contributed by atoms with Crippen molar-refractivity contribution in [2.45, 2.75) is 5.75 Å². The molecular weight excluding hydrogens is 399 g/mol. The summed E-state index contributed by atoms with van der Waals surface area (Å²) in [6, 6.07) is 11.8. The van der Waals surface area contributed by atoms with E-state index in [2.05, 4.69) is 10.3 Å². The maximum absolute atomic E-state index is 12.9. The molecule has 0 radical (unpaired) electrons. The highest BCUT2D eigenvalue weighted by molar-refractivity contribution is 7.99. The molecule has 5 nitrogen and oxygen atoms in total. The first kappa shape index (κ1) is 20.2. The van der Waals surface area contributed by atoms with Crippen LogP contribution in [-0.4, -0.2) is 30.9 Å². The zero-order valence-corrected chi connectivity index (χ0v) is 17.0. The summed E-state index contributed by atoms with van der Waals surface area (Å²) in [5.74, 6) is 1.88. The fraction of sp³-hybridized carbons (Fsp3) is 0.200. The standard InChI is InChI=1S/C20H19FN2O3S2/c1-25-15-7-8-16(18(9-15)26-2)17-11-28-20(22-17)23-19(24)12-27-10-13-3-5-14(21)6-4-13/h3-9,11H,10,12H2,1-2H3,(H,22,23,24). The van der Waals surface area contributed by atoms with Crippen molar-refractivity contribution in [3.8, 4) is 22.8 Å². The number of ether oxygens (including phenoxy) is 2. The Hall–Kier alpha value is -2.58. The Bertz CT molecular complexity index is 945. The van der Waals surface area contributed by atoms with E-state index in [0.717, 1.165) is 16.8 Å². The molecule has 8 heteroatoms. The number of thioether (sulfide) groups is 1. The number of halogens is 1. The first-order chi connectivity index (χ1) is 13.6. The second kappa shape index (κ2) is 9.57. The van der Waals surface area contributed by atoms with Gasteiger partial charge in [0.25, 0.3) is 0 Å². The summed E-state index contributed by atoms with van der Waals surface area (Å²) >= 11 is 2.81. The van der Waals surface area contributed by atoms with Crippen LogP contribution in [0, 0.1) is 5.82 Å².